The molecule has 0 spiro atoms. The summed E-state index contributed by atoms with van der Waals surface area (Å²) in [4.78, 5) is 17.4. The van der Waals surface area contributed by atoms with Crippen LogP contribution in [0.5, 0.6) is 0 Å². The third-order valence-electron chi connectivity index (χ3n) is 2.09. The van der Waals surface area contributed by atoms with Gasteiger partial charge in [0.2, 0.25) is 0 Å². The van der Waals surface area contributed by atoms with Crippen LogP contribution in [0.25, 0.3) is 0 Å². The molecule has 4 nitrogen and oxygen atoms in total. The molecule has 0 saturated heterocycles. The van der Waals surface area contributed by atoms with Gasteiger partial charge in [0.1, 0.15) is 0 Å². The molecule has 2 aromatic rings. The van der Waals surface area contributed by atoms with Gasteiger partial charge in [0.25, 0.3) is 5.91 Å². The summed E-state index contributed by atoms with van der Waals surface area (Å²) >= 11 is 2.92. The quantitative estimate of drug-likeness (QED) is 0.879. The molecule has 16 heavy (non-hydrogen) atoms. The van der Waals surface area contributed by atoms with Crippen molar-refractivity contribution in [1.29, 1.82) is 0 Å². The van der Waals surface area contributed by atoms with E-state index in [2.05, 4.69) is 10.3 Å². The summed E-state index contributed by atoms with van der Waals surface area (Å²) in [6, 6.07) is 1.70. The Morgan fingerprint density at radius 2 is 2.44 bits per heavy atom. The lowest BCUT2D eigenvalue weighted by molar-refractivity contribution is 0.0954. The Labute approximate surface area is 101 Å². The fourth-order valence-corrected chi connectivity index (χ4v) is 2.61. The molecule has 0 aliphatic rings. The van der Waals surface area contributed by atoms with Gasteiger partial charge in [-0.25, -0.2) is 4.98 Å². The molecule has 3 N–H and O–H groups in total. The highest BCUT2D eigenvalue weighted by Crippen LogP contribution is 2.23. The van der Waals surface area contributed by atoms with Crippen molar-refractivity contribution in [1.82, 2.24) is 10.3 Å². The van der Waals surface area contributed by atoms with E-state index in [4.69, 9.17) is 5.73 Å². The second-order valence-corrected chi connectivity index (χ2v) is 5.26. The number of anilines is 1. The SMILES string of the molecule is Cc1sc(C(=O)NCc2cscn2)cc1N. The Bertz CT molecular complexity index is 471. The molecule has 2 heterocycles. The maximum absolute atomic E-state index is 11.7. The predicted octanol–water partition coefficient (Wildman–Crippen LogP) is 2.03. The maximum atomic E-state index is 11.7. The molecule has 2 aromatic heterocycles. The lowest BCUT2D eigenvalue weighted by Crippen LogP contribution is -2.21. The molecule has 0 saturated carbocycles. The highest BCUT2D eigenvalue weighted by atomic mass is 32.1. The maximum Gasteiger partial charge on any atom is 0.261 e. The zero-order chi connectivity index (χ0) is 11.5. The van der Waals surface area contributed by atoms with Crippen LogP contribution in [0.4, 0.5) is 5.69 Å². The summed E-state index contributed by atoms with van der Waals surface area (Å²) in [5.74, 6) is -0.0993. The summed E-state index contributed by atoms with van der Waals surface area (Å²) < 4.78 is 0. The van der Waals surface area contributed by atoms with Crippen molar-refractivity contribution < 1.29 is 4.79 Å². The molecule has 84 valence electrons. The number of nitrogen functional groups attached to an aromatic ring is 1. The molecule has 0 unspecified atom stereocenters. The number of thiophene rings is 1. The Hall–Kier alpha value is -1.40. The normalized spacial score (nSPS) is 10.3. The number of hydrogen-bond donors (Lipinski definition) is 2. The minimum atomic E-state index is -0.0993. The van der Waals surface area contributed by atoms with Crippen molar-refractivity contribution in [3.05, 3.63) is 32.4 Å². The van der Waals surface area contributed by atoms with Gasteiger partial charge in [0, 0.05) is 15.9 Å². The van der Waals surface area contributed by atoms with Gasteiger partial charge in [0.15, 0.2) is 0 Å². The number of thiazole rings is 1. The number of carbonyl (C=O) groups is 1. The van der Waals surface area contributed by atoms with Crippen LogP contribution in [0.3, 0.4) is 0 Å². The Morgan fingerprint density at radius 1 is 1.62 bits per heavy atom. The number of nitrogens with two attached hydrogens (primary N) is 1. The van der Waals surface area contributed by atoms with Gasteiger partial charge in [-0.05, 0) is 13.0 Å². The largest absolute Gasteiger partial charge is 0.398 e. The van der Waals surface area contributed by atoms with E-state index in [1.807, 2.05) is 12.3 Å². The van der Waals surface area contributed by atoms with Crippen LogP contribution in [-0.2, 0) is 6.54 Å². The molecule has 0 aromatic carbocycles. The van der Waals surface area contributed by atoms with E-state index in [1.165, 1.54) is 22.7 Å². The first-order valence-electron chi connectivity index (χ1n) is 4.68. The number of nitrogens with zero attached hydrogens (tertiary/aromatic N) is 1. The second-order valence-electron chi connectivity index (χ2n) is 3.28. The Balaban J connectivity index is 1.98. The molecule has 0 radical (unpaired) electrons. The lowest BCUT2D eigenvalue weighted by atomic mass is 10.3. The standard InChI is InChI=1S/C10H11N3OS2/c1-6-8(11)2-9(16-6)10(14)12-3-7-4-15-5-13-7/h2,4-5H,3,11H2,1H3,(H,12,14). The Kier molecular flexibility index (Phi) is 3.21. The molecule has 1 amide bonds. The van der Waals surface area contributed by atoms with E-state index in [0.717, 1.165) is 10.6 Å². The van der Waals surface area contributed by atoms with Gasteiger partial charge in [-0.2, -0.15) is 0 Å². The molecule has 0 aliphatic heterocycles. The average Bonchev–Trinajstić information content (AvgIpc) is 2.86. The highest BCUT2D eigenvalue weighted by Gasteiger charge is 2.10. The van der Waals surface area contributed by atoms with Crippen molar-refractivity contribution in [2.45, 2.75) is 13.5 Å². The van der Waals surface area contributed by atoms with E-state index in [9.17, 15) is 4.79 Å². The van der Waals surface area contributed by atoms with Crippen LogP contribution >= 0.6 is 22.7 Å². The Morgan fingerprint density at radius 3 is 3.00 bits per heavy atom. The zero-order valence-electron chi connectivity index (χ0n) is 8.69. The number of aryl methyl sites for hydroxylation is 1. The third kappa shape index (κ3) is 2.40. The fourth-order valence-electron chi connectivity index (χ4n) is 1.19. The molecule has 6 heteroatoms. The number of rotatable bonds is 3. The summed E-state index contributed by atoms with van der Waals surface area (Å²) in [7, 11) is 0. The summed E-state index contributed by atoms with van der Waals surface area (Å²) in [5, 5.41) is 4.71. The number of hydrogen-bond acceptors (Lipinski definition) is 5. The van der Waals surface area contributed by atoms with Crippen LogP contribution in [0, 0.1) is 6.92 Å². The first-order valence-corrected chi connectivity index (χ1v) is 6.44. The fraction of sp³-hybridized carbons (Fsp3) is 0.200. The van der Waals surface area contributed by atoms with E-state index >= 15 is 0 Å². The molecule has 0 fully saturated rings. The zero-order valence-corrected chi connectivity index (χ0v) is 10.3. The number of amides is 1. The molecular weight excluding hydrogens is 242 g/mol. The predicted molar refractivity (Wildman–Crippen MR) is 66.8 cm³/mol. The van der Waals surface area contributed by atoms with Crippen molar-refractivity contribution in [2.24, 2.45) is 0 Å². The minimum Gasteiger partial charge on any atom is -0.398 e. The monoisotopic (exact) mass is 253 g/mol. The molecule has 0 bridgehead atoms. The van der Waals surface area contributed by atoms with Crippen LogP contribution in [-0.4, -0.2) is 10.9 Å². The lowest BCUT2D eigenvalue weighted by Gasteiger charge is -1.99. The number of carbonyl (C=O) groups excluding carboxylic acids is 1. The number of nitrogens with one attached hydrogen (secondary N) is 1. The van der Waals surface area contributed by atoms with Crippen LogP contribution in [0.1, 0.15) is 20.2 Å². The van der Waals surface area contributed by atoms with Crippen molar-refractivity contribution >= 4 is 34.3 Å². The number of aromatic nitrogens is 1. The minimum absolute atomic E-state index is 0.0993. The van der Waals surface area contributed by atoms with Crippen LogP contribution < -0.4 is 11.1 Å². The van der Waals surface area contributed by atoms with E-state index < -0.39 is 0 Å². The molecule has 2 rings (SSSR count). The van der Waals surface area contributed by atoms with Gasteiger partial charge < -0.3 is 11.1 Å². The molecule has 0 aliphatic carbocycles. The summed E-state index contributed by atoms with van der Waals surface area (Å²) in [5.41, 5.74) is 8.98. The summed E-state index contributed by atoms with van der Waals surface area (Å²) in [6.07, 6.45) is 0. The first-order chi connectivity index (χ1) is 7.66. The van der Waals surface area contributed by atoms with E-state index in [1.54, 1.807) is 11.6 Å². The average molecular weight is 253 g/mol. The third-order valence-corrected chi connectivity index (χ3v) is 3.79. The van der Waals surface area contributed by atoms with Crippen LogP contribution in [0.15, 0.2) is 17.0 Å². The second kappa shape index (κ2) is 4.63. The van der Waals surface area contributed by atoms with Gasteiger partial charge >= 0.3 is 0 Å². The van der Waals surface area contributed by atoms with Crippen LogP contribution in [0.2, 0.25) is 0 Å². The van der Waals surface area contributed by atoms with Gasteiger partial charge in [0.05, 0.1) is 22.6 Å². The smallest absolute Gasteiger partial charge is 0.261 e. The van der Waals surface area contributed by atoms with Gasteiger partial charge in [-0.3, -0.25) is 4.79 Å². The molecular formula is C10H11N3OS2. The van der Waals surface area contributed by atoms with E-state index in [-0.39, 0.29) is 5.91 Å². The van der Waals surface area contributed by atoms with Gasteiger partial charge in [-0.1, -0.05) is 0 Å². The van der Waals surface area contributed by atoms with Gasteiger partial charge in [-0.15, -0.1) is 22.7 Å². The van der Waals surface area contributed by atoms with Crippen molar-refractivity contribution in [3.63, 3.8) is 0 Å². The van der Waals surface area contributed by atoms with Crippen molar-refractivity contribution in [3.8, 4) is 0 Å². The van der Waals surface area contributed by atoms with E-state index in [0.29, 0.717) is 17.1 Å². The topological polar surface area (TPSA) is 68.0 Å². The van der Waals surface area contributed by atoms with Crippen molar-refractivity contribution in [2.75, 3.05) is 5.73 Å². The summed E-state index contributed by atoms with van der Waals surface area (Å²) in [6.45, 7) is 2.36. The first kappa shape index (κ1) is 11.1. The highest BCUT2D eigenvalue weighted by molar-refractivity contribution is 7.14. The molecule has 0 atom stereocenters.